The topological polar surface area (TPSA) is 126 Å². The minimum atomic E-state index is -3.74. The summed E-state index contributed by atoms with van der Waals surface area (Å²) in [5.41, 5.74) is 0.640. The van der Waals surface area contributed by atoms with Crippen molar-refractivity contribution in [1.29, 1.82) is 0 Å². The average molecular weight is 348 g/mol. The first-order valence-corrected chi connectivity index (χ1v) is 9.06. The Morgan fingerprint density at radius 1 is 1.29 bits per heavy atom. The molecule has 3 heterocycles. The highest BCUT2D eigenvalue weighted by atomic mass is 32.2. The second-order valence-corrected chi connectivity index (χ2v) is 7.56. The van der Waals surface area contributed by atoms with Crippen LogP contribution in [0.25, 0.3) is 11.0 Å². The van der Waals surface area contributed by atoms with Crippen LogP contribution in [-0.2, 0) is 16.6 Å². The number of aromatic amines is 2. The van der Waals surface area contributed by atoms with Crippen molar-refractivity contribution in [3.8, 4) is 0 Å². The van der Waals surface area contributed by atoms with Crippen LogP contribution in [0, 0.1) is 6.92 Å². The summed E-state index contributed by atoms with van der Waals surface area (Å²) < 4.78 is 29.8. The molecule has 3 N–H and O–H groups in total. The summed E-state index contributed by atoms with van der Waals surface area (Å²) in [5.74, 6) is 1.26. The number of aryl methyl sites for hydroxylation is 2. The van der Waals surface area contributed by atoms with E-state index in [9.17, 15) is 13.2 Å². The van der Waals surface area contributed by atoms with Gasteiger partial charge in [-0.2, -0.15) is 5.10 Å². The summed E-state index contributed by atoms with van der Waals surface area (Å²) in [6.45, 7) is 2.53. The van der Waals surface area contributed by atoms with Crippen LogP contribution in [0.1, 0.15) is 30.5 Å². The number of aromatic nitrogens is 5. The van der Waals surface area contributed by atoms with Crippen LogP contribution in [0.2, 0.25) is 0 Å². The molecular weight excluding hydrogens is 332 g/mol. The van der Waals surface area contributed by atoms with Crippen LogP contribution in [-0.4, -0.2) is 33.2 Å². The number of nitrogens with zero attached hydrogens (tertiary/aromatic N) is 3. The molecule has 0 amide bonds. The molecule has 1 aliphatic rings. The van der Waals surface area contributed by atoms with E-state index in [4.69, 9.17) is 0 Å². The maximum Gasteiger partial charge on any atom is 0.323 e. The summed E-state index contributed by atoms with van der Waals surface area (Å²) in [7, 11) is -3.74. The monoisotopic (exact) mass is 348 g/mol. The van der Waals surface area contributed by atoms with Crippen molar-refractivity contribution in [2.75, 3.05) is 0 Å². The number of sulfonamides is 1. The molecule has 0 spiro atoms. The third kappa shape index (κ3) is 2.53. The fourth-order valence-corrected chi connectivity index (χ4v) is 4.27. The smallest absolute Gasteiger partial charge is 0.306 e. The minimum absolute atomic E-state index is 0.0959. The summed E-state index contributed by atoms with van der Waals surface area (Å²) in [5, 5.41) is 4.27. The Labute approximate surface area is 137 Å². The van der Waals surface area contributed by atoms with E-state index in [1.54, 1.807) is 17.7 Å². The van der Waals surface area contributed by atoms with Gasteiger partial charge >= 0.3 is 5.69 Å². The predicted octanol–water partition coefficient (Wildman–Crippen LogP) is 0.570. The zero-order valence-corrected chi connectivity index (χ0v) is 13.7. The molecule has 24 heavy (non-hydrogen) atoms. The lowest BCUT2D eigenvalue weighted by atomic mass is 10.1. The van der Waals surface area contributed by atoms with Gasteiger partial charge in [0.25, 0.3) is 0 Å². The molecule has 1 aromatic carbocycles. The molecule has 0 bridgehead atoms. The van der Waals surface area contributed by atoms with Gasteiger partial charge in [-0.3, -0.25) is 0 Å². The molecule has 10 heteroatoms. The largest absolute Gasteiger partial charge is 0.323 e. The van der Waals surface area contributed by atoms with Crippen LogP contribution in [0.3, 0.4) is 0 Å². The molecule has 3 aromatic rings. The van der Waals surface area contributed by atoms with Crippen LogP contribution < -0.4 is 10.4 Å². The van der Waals surface area contributed by atoms with E-state index >= 15 is 0 Å². The maximum absolute atomic E-state index is 12.7. The highest BCUT2D eigenvalue weighted by molar-refractivity contribution is 7.89. The second-order valence-electron chi connectivity index (χ2n) is 5.84. The van der Waals surface area contributed by atoms with Gasteiger partial charge in [0.1, 0.15) is 11.6 Å². The SMILES string of the molecule is Cc1nc2n(n1)CCC[C@@H]2NS(=O)(=O)c1ccc2[nH]c(=O)[nH]c2c1. The Kier molecular flexibility index (Phi) is 3.32. The second kappa shape index (κ2) is 5.28. The van der Waals surface area contributed by atoms with Crippen molar-refractivity contribution in [2.45, 2.75) is 37.2 Å². The number of imidazole rings is 1. The van der Waals surface area contributed by atoms with Gasteiger partial charge in [0.15, 0.2) is 0 Å². The highest BCUT2D eigenvalue weighted by Crippen LogP contribution is 2.25. The molecule has 0 saturated carbocycles. The van der Waals surface area contributed by atoms with Crippen molar-refractivity contribution in [3.05, 3.63) is 40.3 Å². The lowest BCUT2D eigenvalue weighted by Gasteiger charge is -2.23. The van der Waals surface area contributed by atoms with Gasteiger partial charge in [0, 0.05) is 6.54 Å². The highest BCUT2D eigenvalue weighted by Gasteiger charge is 2.28. The van der Waals surface area contributed by atoms with Gasteiger partial charge in [-0.25, -0.2) is 27.6 Å². The summed E-state index contributed by atoms with van der Waals surface area (Å²) >= 11 is 0. The Hall–Kier alpha value is -2.46. The first-order chi connectivity index (χ1) is 11.4. The predicted molar refractivity (Wildman–Crippen MR) is 86.0 cm³/mol. The van der Waals surface area contributed by atoms with Crippen molar-refractivity contribution >= 4 is 21.1 Å². The van der Waals surface area contributed by atoms with Gasteiger partial charge in [-0.1, -0.05) is 0 Å². The molecule has 0 aliphatic carbocycles. The number of fused-ring (bicyclic) bond motifs is 2. The van der Waals surface area contributed by atoms with E-state index < -0.39 is 16.1 Å². The van der Waals surface area contributed by atoms with Gasteiger partial charge in [0.05, 0.1) is 22.0 Å². The maximum atomic E-state index is 12.7. The number of rotatable bonds is 3. The van der Waals surface area contributed by atoms with E-state index in [0.717, 1.165) is 13.0 Å². The number of benzene rings is 1. The van der Waals surface area contributed by atoms with E-state index in [2.05, 4.69) is 24.8 Å². The van der Waals surface area contributed by atoms with Crippen molar-refractivity contribution in [1.82, 2.24) is 29.5 Å². The van der Waals surface area contributed by atoms with Gasteiger partial charge in [-0.05, 0) is 38.0 Å². The average Bonchev–Trinajstić information content (AvgIpc) is 3.07. The fourth-order valence-electron chi connectivity index (χ4n) is 3.01. The Morgan fingerprint density at radius 2 is 2.08 bits per heavy atom. The Morgan fingerprint density at radius 3 is 2.92 bits per heavy atom. The summed E-state index contributed by atoms with van der Waals surface area (Å²) in [4.78, 5) is 20.9. The number of hydrogen-bond donors (Lipinski definition) is 3. The number of nitrogens with one attached hydrogen (secondary N) is 3. The van der Waals surface area contributed by atoms with Gasteiger partial charge in [0.2, 0.25) is 10.0 Å². The molecule has 0 fully saturated rings. The van der Waals surface area contributed by atoms with Crippen LogP contribution in [0.15, 0.2) is 27.9 Å². The van der Waals surface area contributed by atoms with E-state index in [-0.39, 0.29) is 10.6 Å². The molecule has 1 aliphatic heterocycles. The molecule has 0 saturated heterocycles. The minimum Gasteiger partial charge on any atom is -0.306 e. The van der Waals surface area contributed by atoms with E-state index in [0.29, 0.717) is 29.1 Å². The standard InChI is InChI=1S/C14H16N6O3S/c1-8-15-13-11(3-2-6-20(13)18-8)19-24(22,23)9-4-5-10-12(7-9)17-14(21)16-10/h4-5,7,11,19H,2-3,6H2,1H3,(H2,16,17,21)/t11-/m0/s1. The molecule has 9 nitrogen and oxygen atoms in total. The summed E-state index contributed by atoms with van der Waals surface area (Å²) in [6, 6.07) is 4.06. The normalized spacial score (nSPS) is 18.0. The molecule has 4 rings (SSSR count). The van der Waals surface area contributed by atoms with Gasteiger partial charge in [-0.15, -0.1) is 0 Å². The van der Waals surface area contributed by atoms with Crippen molar-refractivity contribution in [3.63, 3.8) is 0 Å². The van der Waals surface area contributed by atoms with E-state index in [1.807, 2.05) is 0 Å². The summed E-state index contributed by atoms with van der Waals surface area (Å²) in [6.07, 6.45) is 1.49. The molecule has 0 unspecified atom stereocenters. The third-order valence-corrected chi connectivity index (χ3v) is 5.55. The quantitative estimate of drug-likeness (QED) is 0.638. The first kappa shape index (κ1) is 15.1. The van der Waals surface area contributed by atoms with Crippen LogP contribution >= 0.6 is 0 Å². The molecule has 126 valence electrons. The Balaban J connectivity index is 1.68. The number of hydrogen-bond acceptors (Lipinski definition) is 5. The Bertz CT molecular complexity index is 1080. The first-order valence-electron chi connectivity index (χ1n) is 7.58. The van der Waals surface area contributed by atoms with Crippen LogP contribution in [0.5, 0.6) is 0 Å². The van der Waals surface area contributed by atoms with Crippen molar-refractivity contribution in [2.24, 2.45) is 0 Å². The number of H-pyrrole nitrogens is 2. The van der Waals surface area contributed by atoms with Crippen LogP contribution in [0.4, 0.5) is 0 Å². The lowest BCUT2D eigenvalue weighted by molar-refractivity contribution is 0.399. The molecular formula is C14H16N6O3S. The molecule has 0 radical (unpaired) electrons. The van der Waals surface area contributed by atoms with Gasteiger partial charge < -0.3 is 9.97 Å². The fraction of sp³-hybridized carbons (Fsp3) is 0.357. The van der Waals surface area contributed by atoms with E-state index in [1.165, 1.54) is 12.1 Å². The zero-order valence-electron chi connectivity index (χ0n) is 12.9. The third-order valence-electron chi connectivity index (χ3n) is 4.08. The molecule has 2 aromatic heterocycles. The lowest BCUT2D eigenvalue weighted by Crippen LogP contribution is -2.33. The van der Waals surface area contributed by atoms with Crippen molar-refractivity contribution < 1.29 is 8.42 Å². The zero-order chi connectivity index (χ0) is 16.9. The molecule has 1 atom stereocenters.